The van der Waals surface area contributed by atoms with Gasteiger partial charge < -0.3 is 5.11 Å². The number of ketones is 1. The number of carbonyl (C=O) groups excluding carboxylic acids is 1. The van der Waals surface area contributed by atoms with Crippen molar-refractivity contribution in [1.82, 2.24) is 0 Å². The van der Waals surface area contributed by atoms with Crippen molar-refractivity contribution in [3.8, 4) is 0 Å². The zero-order valence-corrected chi connectivity index (χ0v) is 13.6. The summed E-state index contributed by atoms with van der Waals surface area (Å²) in [6.45, 7) is 4.78. The lowest BCUT2D eigenvalue weighted by molar-refractivity contribution is -0.161. The first-order valence-corrected chi connectivity index (χ1v) is 9.16. The molecule has 0 aromatic rings. The molecule has 4 unspecified atom stereocenters. The Labute approximate surface area is 128 Å². The van der Waals surface area contributed by atoms with Crippen LogP contribution in [0.4, 0.5) is 0 Å². The van der Waals surface area contributed by atoms with Gasteiger partial charge in [0.2, 0.25) is 0 Å². The monoisotopic (exact) mass is 290 g/mol. The number of fused-ring (bicyclic) bond motifs is 5. The van der Waals surface area contributed by atoms with Crippen LogP contribution in [0.1, 0.15) is 71.6 Å². The van der Waals surface area contributed by atoms with Gasteiger partial charge in [-0.2, -0.15) is 0 Å². The van der Waals surface area contributed by atoms with E-state index in [-0.39, 0.29) is 11.5 Å². The molecular weight excluding hydrogens is 260 g/mol. The summed E-state index contributed by atoms with van der Waals surface area (Å²) >= 11 is 0. The lowest BCUT2D eigenvalue weighted by atomic mass is 9.45. The van der Waals surface area contributed by atoms with E-state index in [1.165, 1.54) is 44.9 Å². The van der Waals surface area contributed by atoms with E-state index in [4.69, 9.17) is 0 Å². The SMILES string of the molecule is C[C@@]12CCCC1C1CCC3C[C@H](O)CC(=O)[C@]3(C)C1CC2. The number of hydrogen-bond acceptors (Lipinski definition) is 2. The van der Waals surface area contributed by atoms with E-state index in [0.29, 0.717) is 29.5 Å². The minimum atomic E-state index is -0.368. The number of aliphatic hydroxyl groups is 1. The molecule has 118 valence electrons. The Bertz CT molecular complexity index is 458. The van der Waals surface area contributed by atoms with Crippen LogP contribution in [0.25, 0.3) is 0 Å². The third kappa shape index (κ3) is 1.84. The summed E-state index contributed by atoms with van der Waals surface area (Å²) in [6.07, 6.45) is 10.2. The predicted molar refractivity (Wildman–Crippen MR) is 82.7 cm³/mol. The Balaban J connectivity index is 1.67. The van der Waals surface area contributed by atoms with Gasteiger partial charge in [0.05, 0.1) is 6.10 Å². The molecule has 4 rings (SSSR count). The molecule has 0 aromatic carbocycles. The van der Waals surface area contributed by atoms with Gasteiger partial charge in [0.1, 0.15) is 5.78 Å². The largest absolute Gasteiger partial charge is 0.393 e. The second-order valence-corrected chi connectivity index (χ2v) is 9.04. The van der Waals surface area contributed by atoms with Gasteiger partial charge in [-0.3, -0.25) is 4.79 Å². The normalized spacial score (nSPS) is 56.5. The number of carbonyl (C=O) groups is 1. The molecule has 2 nitrogen and oxygen atoms in total. The Morgan fingerprint density at radius 1 is 1.05 bits per heavy atom. The van der Waals surface area contributed by atoms with Gasteiger partial charge in [0.15, 0.2) is 0 Å². The molecule has 0 radical (unpaired) electrons. The van der Waals surface area contributed by atoms with E-state index in [1.54, 1.807) is 0 Å². The first-order chi connectivity index (χ1) is 9.95. The average molecular weight is 290 g/mol. The minimum Gasteiger partial charge on any atom is -0.393 e. The van der Waals surface area contributed by atoms with Gasteiger partial charge in [0.25, 0.3) is 0 Å². The van der Waals surface area contributed by atoms with Crippen LogP contribution in [-0.4, -0.2) is 17.0 Å². The Morgan fingerprint density at radius 3 is 2.67 bits per heavy atom. The molecule has 0 amide bonds. The fourth-order valence-electron chi connectivity index (χ4n) is 7.07. The van der Waals surface area contributed by atoms with Gasteiger partial charge in [-0.15, -0.1) is 0 Å². The lowest BCUT2D eigenvalue weighted by Gasteiger charge is -2.59. The van der Waals surface area contributed by atoms with Gasteiger partial charge in [-0.1, -0.05) is 20.3 Å². The highest BCUT2D eigenvalue weighted by Crippen LogP contribution is 2.65. The molecule has 0 aliphatic heterocycles. The van der Waals surface area contributed by atoms with Crippen LogP contribution < -0.4 is 0 Å². The number of rotatable bonds is 0. The van der Waals surface area contributed by atoms with E-state index in [0.717, 1.165) is 18.3 Å². The lowest BCUT2D eigenvalue weighted by Crippen LogP contribution is -2.57. The van der Waals surface area contributed by atoms with Crippen LogP contribution in [0.15, 0.2) is 0 Å². The van der Waals surface area contributed by atoms with Crippen molar-refractivity contribution in [3.05, 3.63) is 0 Å². The van der Waals surface area contributed by atoms with Crippen LogP contribution in [0, 0.1) is 34.5 Å². The third-order valence-electron chi connectivity index (χ3n) is 8.26. The molecule has 2 heteroatoms. The van der Waals surface area contributed by atoms with Crippen LogP contribution in [-0.2, 0) is 4.79 Å². The summed E-state index contributed by atoms with van der Waals surface area (Å²) in [5, 5.41) is 10.00. The van der Waals surface area contributed by atoms with E-state index in [1.807, 2.05) is 0 Å². The van der Waals surface area contributed by atoms with Crippen molar-refractivity contribution < 1.29 is 9.90 Å². The molecule has 0 spiro atoms. The minimum absolute atomic E-state index is 0.119. The zero-order chi connectivity index (χ0) is 14.8. The molecule has 1 N–H and O–H groups in total. The Kier molecular flexibility index (Phi) is 3.10. The highest BCUT2D eigenvalue weighted by molar-refractivity contribution is 5.86. The predicted octanol–water partition coefficient (Wildman–Crippen LogP) is 3.96. The van der Waals surface area contributed by atoms with E-state index < -0.39 is 0 Å². The van der Waals surface area contributed by atoms with Crippen molar-refractivity contribution >= 4 is 5.78 Å². The maximum Gasteiger partial charge on any atom is 0.141 e. The topological polar surface area (TPSA) is 37.3 Å². The van der Waals surface area contributed by atoms with Crippen LogP contribution in [0.2, 0.25) is 0 Å². The quantitative estimate of drug-likeness (QED) is 0.733. The fraction of sp³-hybridized carbons (Fsp3) is 0.947. The van der Waals surface area contributed by atoms with Gasteiger partial charge in [0, 0.05) is 11.8 Å². The van der Waals surface area contributed by atoms with Gasteiger partial charge >= 0.3 is 0 Å². The molecular formula is C19H30O2. The molecule has 4 fully saturated rings. The van der Waals surface area contributed by atoms with Crippen molar-refractivity contribution in [2.75, 3.05) is 0 Å². The second-order valence-electron chi connectivity index (χ2n) is 9.04. The molecule has 4 aliphatic rings. The molecule has 0 bridgehead atoms. The van der Waals surface area contributed by atoms with Crippen molar-refractivity contribution in [2.45, 2.75) is 77.7 Å². The van der Waals surface area contributed by atoms with Gasteiger partial charge in [-0.25, -0.2) is 0 Å². The standard InChI is InChI=1S/C19H30O2/c1-18-8-3-4-15(18)14-6-5-12-10-13(20)11-17(21)19(12,2)16(14)7-9-18/h12-16,20H,3-11H2,1-2H3/t12?,13-,14?,15?,16?,18-,19-/m0/s1. The van der Waals surface area contributed by atoms with E-state index in [9.17, 15) is 9.90 Å². The maximum atomic E-state index is 12.8. The van der Waals surface area contributed by atoms with E-state index in [2.05, 4.69) is 13.8 Å². The summed E-state index contributed by atoms with van der Waals surface area (Å²) < 4.78 is 0. The Morgan fingerprint density at radius 2 is 1.86 bits per heavy atom. The zero-order valence-electron chi connectivity index (χ0n) is 13.6. The molecule has 0 heterocycles. The number of aliphatic hydroxyl groups excluding tert-OH is 1. The summed E-state index contributed by atoms with van der Waals surface area (Å²) in [4.78, 5) is 12.8. The summed E-state index contributed by atoms with van der Waals surface area (Å²) in [5.41, 5.74) is 0.452. The Hall–Kier alpha value is -0.370. The number of Topliss-reactive ketones (excluding diaryl/α,β-unsaturated/α-hetero) is 1. The molecule has 21 heavy (non-hydrogen) atoms. The highest BCUT2D eigenvalue weighted by atomic mass is 16.3. The van der Waals surface area contributed by atoms with Crippen molar-refractivity contribution in [1.29, 1.82) is 0 Å². The summed E-state index contributed by atoms with van der Waals surface area (Å²) in [5.74, 6) is 3.08. The maximum absolute atomic E-state index is 12.8. The van der Waals surface area contributed by atoms with Crippen LogP contribution in [0.5, 0.6) is 0 Å². The highest BCUT2D eigenvalue weighted by Gasteiger charge is 2.60. The smallest absolute Gasteiger partial charge is 0.141 e. The molecule has 7 atom stereocenters. The second kappa shape index (κ2) is 4.57. The summed E-state index contributed by atoms with van der Waals surface area (Å²) in [7, 11) is 0. The molecule has 4 aliphatic carbocycles. The van der Waals surface area contributed by atoms with Crippen LogP contribution >= 0.6 is 0 Å². The first-order valence-electron chi connectivity index (χ1n) is 9.16. The summed E-state index contributed by atoms with van der Waals surface area (Å²) in [6, 6.07) is 0. The van der Waals surface area contributed by atoms with Crippen LogP contribution in [0.3, 0.4) is 0 Å². The molecule has 4 saturated carbocycles. The average Bonchev–Trinajstić information content (AvgIpc) is 2.82. The van der Waals surface area contributed by atoms with Crippen molar-refractivity contribution in [2.24, 2.45) is 34.5 Å². The molecule has 0 saturated heterocycles. The van der Waals surface area contributed by atoms with E-state index >= 15 is 0 Å². The van der Waals surface area contributed by atoms with Gasteiger partial charge in [-0.05, 0) is 74.0 Å². The molecule has 0 aromatic heterocycles. The first kappa shape index (κ1) is 14.2. The van der Waals surface area contributed by atoms with Crippen molar-refractivity contribution in [3.63, 3.8) is 0 Å². The number of hydrogen-bond donors (Lipinski definition) is 1. The third-order valence-corrected chi connectivity index (χ3v) is 8.26. The fourth-order valence-corrected chi connectivity index (χ4v) is 7.07.